The monoisotopic (exact) mass is 572 g/mol. The number of rotatable bonds is 4. The van der Waals surface area contributed by atoms with Gasteiger partial charge in [-0.15, -0.1) is 0 Å². The number of amides is 2. The number of para-hydroxylation sites is 1. The molecule has 2 saturated heterocycles. The molecule has 0 unspecified atom stereocenters. The molecule has 3 atom stereocenters. The van der Waals surface area contributed by atoms with Gasteiger partial charge in [0.1, 0.15) is 23.5 Å². The number of anilines is 2. The molecule has 10 heteroatoms. The van der Waals surface area contributed by atoms with Crippen LogP contribution in [0.3, 0.4) is 0 Å². The van der Waals surface area contributed by atoms with Gasteiger partial charge >= 0.3 is 0 Å². The first-order chi connectivity index (χ1) is 17.8. The van der Waals surface area contributed by atoms with E-state index in [1.54, 1.807) is 41.5 Å². The number of hydrogen-bond donors (Lipinski definition) is 0. The summed E-state index contributed by atoms with van der Waals surface area (Å²) in [5.41, 5.74) is 1.64. The molecule has 3 heterocycles. The van der Waals surface area contributed by atoms with Crippen LogP contribution in [0.1, 0.15) is 11.8 Å². The molecule has 0 spiro atoms. The molecule has 0 saturated carbocycles. The molecule has 3 aromatic carbocycles. The minimum absolute atomic E-state index is 0.232. The summed E-state index contributed by atoms with van der Waals surface area (Å²) >= 11 is 24.6. The molecule has 0 bridgehead atoms. The van der Waals surface area contributed by atoms with Gasteiger partial charge in [-0.2, -0.15) is 0 Å². The van der Waals surface area contributed by atoms with Crippen LogP contribution in [-0.4, -0.2) is 17.9 Å². The molecular weight excluding hydrogens is 558 g/mol. The normalized spacial score (nSPS) is 21.1. The summed E-state index contributed by atoms with van der Waals surface area (Å²) in [4.78, 5) is 34.5. The number of fused-ring (bicyclic) bond motifs is 1. The van der Waals surface area contributed by atoms with Gasteiger partial charge in [0.15, 0.2) is 6.10 Å². The summed E-state index contributed by atoms with van der Waals surface area (Å²) in [7, 11) is 0. The molecule has 2 aliphatic rings. The van der Waals surface area contributed by atoms with Crippen molar-refractivity contribution >= 4 is 69.6 Å². The standard InChI is InChI=1S/C27H16Cl4N2O4/c28-14-6-8-17(19(30)12-14)21-10-11-22(36-21)24-23-25(37-33(24)15-4-2-1-3-5-15)27(35)32(26(23)34)16-7-9-18(29)20(31)13-16/h1-13,23-25H/t23-,24+,25+/m0/s1. The molecule has 6 rings (SSSR count). The van der Waals surface area contributed by atoms with E-state index in [2.05, 4.69) is 0 Å². The van der Waals surface area contributed by atoms with Crippen LogP contribution in [0.25, 0.3) is 11.3 Å². The Balaban J connectivity index is 1.42. The highest BCUT2D eigenvalue weighted by atomic mass is 35.5. The molecule has 0 N–H and O–H groups in total. The molecule has 2 fully saturated rings. The number of hydrogen-bond acceptors (Lipinski definition) is 5. The van der Waals surface area contributed by atoms with E-state index in [0.717, 1.165) is 4.90 Å². The van der Waals surface area contributed by atoms with Gasteiger partial charge in [-0.25, -0.2) is 9.96 Å². The van der Waals surface area contributed by atoms with Crippen molar-refractivity contribution in [1.29, 1.82) is 0 Å². The molecule has 4 aromatic rings. The Morgan fingerprint density at radius 1 is 0.703 bits per heavy atom. The third kappa shape index (κ3) is 4.10. The van der Waals surface area contributed by atoms with Crippen molar-refractivity contribution in [1.82, 2.24) is 0 Å². The van der Waals surface area contributed by atoms with E-state index in [9.17, 15) is 9.59 Å². The topological polar surface area (TPSA) is 63.0 Å². The number of carbonyl (C=O) groups excluding carboxylic acids is 2. The molecule has 1 aromatic heterocycles. The maximum atomic E-state index is 13.8. The lowest BCUT2D eigenvalue weighted by atomic mass is 9.94. The van der Waals surface area contributed by atoms with Crippen molar-refractivity contribution in [3.63, 3.8) is 0 Å². The molecule has 37 heavy (non-hydrogen) atoms. The third-order valence-corrected chi connectivity index (χ3v) is 7.69. The average molecular weight is 574 g/mol. The van der Waals surface area contributed by atoms with Gasteiger partial charge < -0.3 is 4.42 Å². The third-order valence-electron chi connectivity index (χ3n) is 6.40. The zero-order valence-corrected chi connectivity index (χ0v) is 21.8. The van der Waals surface area contributed by atoms with Gasteiger partial charge in [0.05, 0.1) is 26.4 Å². The Morgan fingerprint density at radius 2 is 1.49 bits per heavy atom. The first-order valence-electron chi connectivity index (χ1n) is 11.2. The molecule has 0 aliphatic carbocycles. The van der Waals surface area contributed by atoms with Crippen molar-refractivity contribution < 1.29 is 18.8 Å². The summed E-state index contributed by atoms with van der Waals surface area (Å²) in [6.07, 6.45) is -1.06. The lowest BCUT2D eigenvalue weighted by Crippen LogP contribution is -2.37. The van der Waals surface area contributed by atoms with Crippen LogP contribution in [0.5, 0.6) is 0 Å². The van der Waals surface area contributed by atoms with Crippen molar-refractivity contribution in [3.05, 3.63) is 105 Å². The fourth-order valence-corrected chi connectivity index (χ4v) is 5.52. The zero-order chi connectivity index (χ0) is 25.8. The van der Waals surface area contributed by atoms with Crippen LogP contribution in [0, 0.1) is 5.92 Å². The molecule has 2 aliphatic heterocycles. The van der Waals surface area contributed by atoms with Gasteiger partial charge in [-0.05, 0) is 60.7 Å². The fraction of sp³-hybridized carbons (Fsp3) is 0.111. The van der Waals surface area contributed by atoms with Crippen LogP contribution < -0.4 is 9.96 Å². The summed E-state index contributed by atoms with van der Waals surface area (Å²) in [6.45, 7) is 0. The van der Waals surface area contributed by atoms with Crippen molar-refractivity contribution in [2.24, 2.45) is 5.92 Å². The maximum Gasteiger partial charge on any atom is 0.266 e. The van der Waals surface area contributed by atoms with Gasteiger partial charge in [0.25, 0.3) is 5.91 Å². The van der Waals surface area contributed by atoms with Crippen LogP contribution in [-0.2, 0) is 14.4 Å². The molecular formula is C27H16Cl4N2O4. The Morgan fingerprint density at radius 3 is 2.22 bits per heavy atom. The number of imide groups is 1. The first-order valence-corrected chi connectivity index (χ1v) is 12.7. The predicted molar refractivity (Wildman–Crippen MR) is 143 cm³/mol. The number of benzene rings is 3. The highest BCUT2D eigenvalue weighted by Gasteiger charge is 2.61. The maximum absolute atomic E-state index is 13.8. The lowest BCUT2D eigenvalue weighted by Gasteiger charge is -2.27. The molecule has 0 radical (unpaired) electrons. The van der Waals surface area contributed by atoms with Gasteiger partial charge in [-0.3, -0.25) is 14.4 Å². The molecule has 2 amide bonds. The zero-order valence-electron chi connectivity index (χ0n) is 18.8. The number of carbonyl (C=O) groups is 2. The second-order valence-corrected chi connectivity index (χ2v) is 10.3. The highest BCUT2D eigenvalue weighted by molar-refractivity contribution is 6.42. The summed E-state index contributed by atoms with van der Waals surface area (Å²) in [6, 6.07) is 21.7. The second kappa shape index (κ2) is 9.39. The number of halogens is 4. The summed E-state index contributed by atoms with van der Waals surface area (Å²) < 4.78 is 6.22. The van der Waals surface area contributed by atoms with Gasteiger partial charge in [0.2, 0.25) is 5.91 Å². The van der Waals surface area contributed by atoms with Crippen molar-refractivity contribution in [2.45, 2.75) is 12.1 Å². The largest absolute Gasteiger partial charge is 0.459 e. The molecule has 6 nitrogen and oxygen atoms in total. The van der Waals surface area contributed by atoms with E-state index in [-0.39, 0.29) is 5.02 Å². The highest BCUT2D eigenvalue weighted by Crippen LogP contribution is 2.49. The Labute approximate surface area is 231 Å². The number of nitrogens with zero attached hydrogens (tertiary/aromatic N) is 2. The van der Waals surface area contributed by atoms with Crippen LogP contribution in [0.4, 0.5) is 11.4 Å². The van der Waals surface area contributed by atoms with E-state index < -0.39 is 29.9 Å². The lowest BCUT2D eigenvalue weighted by molar-refractivity contribution is -0.126. The Kier molecular flexibility index (Phi) is 6.18. The Bertz CT molecular complexity index is 1540. The van der Waals surface area contributed by atoms with E-state index in [1.807, 2.05) is 30.3 Å². The van der Waals surface area contributed by atoms with Crippen LogP contribution in [0.15, 0.2) is 83.3 Å². The first kappa shape index (κ1) is 24.3. The van der Waals surface area contributed by atoms with E-state index in [0.29, 0.717) is 43.5 Å². The number of furan rings is 1. The van der Waals surface area contributed by atoms with Crippen LogP contribution >= 0.6 is 46.4 Å². The van der Waals surface area contributed by atoms with Gasteiger partial charge in [0, 0.05) is 10.6 Å². The minimum atomic E-state index is -1.06. The van der Waals surface area contributed by atoms with E-state index >= 15 is 0 Å². The van der Waals surface area contributed by atoms with E-state index in [4.69, 9.17) is 55.7 Å². The smallest absolute Gasteiger partial charge is 0.266 e. The minimum Gasteiger partial charge on any atom is -0.459 e. The van der Waals surface area contributed by atoms with Crippen LogP contribution in [0.2, 0.25) is 20.1 Å². The SMILES string of the molecule is O=C1[C@H]2[C@@H](c3ccc(-c4ccc(Cl)cc4Cl)o3)N(c3ccccc3)O[C@H]2C(=O)N1c1ccc(Cl)c(Cl)c1. The Hall–Kier alpha value is -3.00. The van der Waals surface area contributed by atoms with Crippen molar-refractivity contribution in [2.75, 3.05) is 9.96 Å². The summed E-state index contributed by atoms with van der Waals surface area (Å²) in [5, 5.41) is 3.03. The van der Waals surface area contributed by atoms with E-state index in [1.165, 1.54) is 12.1 Å². The second-order valence-electron chi connectivity index (χ2n) is 8.59. The average Bonchev–Trinajstić information content (AvgIpc) is 3.57. The molecule has 186 valence electrons. The van der Waals surface area contributed by atoms with Crippen molar-refractivity contribution in [3.8, 4) is 11.3 Å². The summed E-state index contributed by atoms with van der Waals surface area (Å²) in [5.74, 6) is -0.869. The quantitative estimate of drug-likeness (QED) is 0.235. The fourth-order valence-electron chi connectivity index (χ4n) is 4.73. The predicted octanol–water partition coefficient (Wildman–Crippen LogP) is 7.61. The van der Waals surface area contributed by atoms with Gasteiger partial charge in [-0.1, -0.05) is 64.6 Å². The number of hydroxylamine groups is 1.